The molecule has 0 bridgehead atoms. The lowest BCUT2D eigenvalue weighted by atomic mass is 9.94. The van der Waals surface area contributed by atoms with E-state index in [4.69, 9.17) is 0 Å². The summed E-state index contributed by atoms with van der Waals surface area (Å²) in [6.07, 6.45) is -8.88. The SMILES string of the molecule is C=C(C)c1cc(C(=O)OC)ccc1C(F)(F)F.COC(=O)c1ccc(C(F)(F)F)c(C(C)C)c1. The number of allylic oxidation sites excluding steroid dienone is 1. The zero-order valence-corrected chi connectivity index (χ0v) is 19.1. The molecule has 0 amide bonds. The third-order valence-electron chi connectivity index (χ3n) is 4.61. The van der Waals surface area contributed by atoms with Gasteiger partial charge in [-0.1, -0.05) is 26.0 Å². The first kappa shape index (κ1) is 28.7. The zero-order chi connectivity index (χ0) is 26.4. The molecule has 0 unspecified atom stereocenters. The predicted octanol–water partition coefficient (Wildman–Crippen LogP) is 7.14. The van der Waals surface area contributed by atoms with Gasteiger partial charge in [0.2, 0.25) is 0 Å². The van der Waals surface area contributed by atoms with Crippen LogP contribution in [-0.2, 0) is 21.8 Å². The molecule has 0 aliphatic rings. The van der Waals surface area contributed by atoms with Crippen LogP contribution in [-0.4, -0.2) is 26.2 Å². The predicted molar refractivity (Wildman–Crippen MR) is 114 cm³/mol. The minimum Gasteiger partial charge on any atom is -0.465 e. The lowest BCUT2D eigenvalue weighted by molar-refractivity contribution is -0.138. The maximum atomic E-state index is 12.7. The fourth-order valence-electron chi connectivity index (χ4n) is 2.93. The number of rotatable bonds is 4. The Kier molecular flexibility index (Phi) is 9.48. The molecule has 0 fully saturated rings. The summed E-state index contributed by atoms with van der Waals surface area (Å²) in [4.78, 5) is 22.5. The van der Waals surface area contributed by atoms with E-state index in [2.05, 4.69) is 16.1 Å². The maximum Gasteiger partial charge on any atom is 0.416 e. The molecule has 34 heavy (non-hydrogen) atoms. The van der Waals surface area contributed by atoms with E-state index in [0.29, 0.717) is 0 Å². The molecule has 2 aromatic rings. The van der Waals surface area contributed by atoms with E-state index in [-0.39, 0.29) is 33.7 Å². The molecule has 0 saturated carbocycles. The van der Waals surface area contributed by atoms with Crippen molar-refractivity contribution >= 4 is 17.5 Å². The highest BCUT2D eigenvalue weighted by Crippen LogP contribution is 2.36. The van der Waals surface area contributed by atoms with Crippen molar-refractivity contribution in [3.63, 3.8) is 0 Å². The molecule has 0 saturated heterocycles. The highest BCUT2D eigenvalue weighted by atomic mass is 19.4. The van der Waals surface area contributed by atoms with Crippen LogP contribution in [0.3, 0.4) is 0 Å². The maximum absolute atomic E-state index is 12.7. The van der Waals surface area contributed by atoms with Gasteiger partial charge >= 0.3 is 24.3 Å². The molecule has 0 aromatic heterocycles. The number of hydrogen-bond donors (Lipinski definition) is 0. The molecule has 0 aliphatic carbocycles. The topological polar surface area (TPSA) is 52.6 Å². The number of ether oxygens (including phenoxy) is 2. The van der Waals surface area contributed by atoms with Crippen molar-refractivity contribution in [3.05, 3.63) is 76.4 Å². The molecule has 10 heteroatoms. The fraction of sp³-hybridized carbons (Fsp3) is 0.333. The number of methoxy groups -OCH3 is 2. The van der Waals surface area contributed by atoms with Crippen molar-refractivity contribution in [2.45, 2.75) is 39.0 Å². The first-order valence-corrected chi connectivity index (χ1v) is 9.79. The monoisotopic (exact) mass is 490 g/mol. The van der Waals surface area contributed by atoms with Gasteiger partial charge in [0.15, 0.2) is 0 Å². The Morgan fingerprint density at radius 3 is 1.56 bits per heavy atom. The Labute approximate surface area is 193 Å². The summed E-state index contributed by atoms with van der Waals surface area (Å²) in [5.74, 6) is -1.64. The van der Waals surface area contributed by atoms with Crippen LogP contribution in [0.2, 0.25) is 0 Å². The molecule has 0 heterocycles. The van der Waals surface area contributed by atoms with Crippen LogP contribution in [0.15, 0.2) is 43.0 Å². The normalized spacial score (nSPS) is 11.4. The van der Waals surface area contributed by atoms with Crippen molar-refractivity contribution < 1.29 is 45.4 Å². The summed E-state index contributed by atoms with van der Waals surface area (Å²) >= 11 is 0. The standard InChI is InChI=1S/C12H13F3O2.C12H11F3O2/c2*1-7(2)9-6-8(11(16)17-3)4-5-10(9)12(13,14)15/h4-7H,1-3H3;4-6H,1H2,2-3H3. The Morgan fingerprint density at radius 1 is 0.794 bits per heavy atom. The van der Waals surface area contributed by atoms with Gasteiger partial charge in [0, 0.05) is 0 Å². The van der Waals surface area contributed by atoms with Crippen LogP contribution in [0.5, 0.6) is 0 Å². The third kappa shape index (κ3) is 7.36. The number of esters is 2. The Morgan fingerprint density at radius 2 is 1.21 bits per heavy atom. The number of benzene rings is 2. The van der Waals surface area contributed by atoms with E-state index in [9.17, 15) is 35.9 Å². The summed E-state index contributed by atoms with van der Waals surface area (Å²) in [7, 11) is 2.36. The smallest absolute Gasteiger partial charge is 0.416 e. The number of hydrogen-bond acceptors (Lipinski definition) is 4. The number of halogens is 6. The van der Waals surface area contributed by atoms with E-state index in [0.717, 1.165) is 30.3 Å². The van der Waals surface area contributed by atoms with E-state index in [1.54, 1.807) is 13.8 Å². The van der Waals surface area contributed by atoms with Gasteiger partial charge < -0.3 is 9.47 Å². The van der Waals surface area contributed by atoms with Gasteiger partial charge in [-0.2, -0.15) is 26.3 Å². The molecule has 0 N–H and O–H groups in total. The fourth-order valence-corrected chi connectivity index (χ4v) is 2.93. The third-order valence-corrected chi connectivity index (χ3v) is 4.61. The molecular formula is C24H24F6O4. The molecular weight excluding hydrogens is 466 g/mol. The second kappa shape index (κ2) is 11.2. The molecule has 0 aliphatic heterocycles. The summed E-state index contributed by atoms with van der Waals surface area (Å²) in [6.45, 7) is 8.21. The average Bonchev–Trinajstić information content (AvgIpc) is 2.76. The van der Waals surface area contributed by atoms with Crippen LogP contribution < -0.4 is 0 Å². The summed E-state index contributed by atoms with van der Waals surface area (Å²) in [5, 5.41) is 0. The summed E-state index contributed by atoms with van der Waals surface area (Å²) in [5.41, 5.74) is -1.08. The second-order valence-electron chi connectivity index (χ2n) is 7.48. The first-order chi connectivity index (χ1) is 15.5. The van der Waals surface area contributed by atoms with Crippen molar-refractivity contribution in [1.82, 2.24) is 0 Å². The lowest BCUT2D eigenvalue weighted by Gasteiger charge is -2.16. The number of carbonyl (C=O) groups is 2. The molecule has 2 aromatic carbocycles. The van der Waals surface area contributed by atoms with Gasteiger partial charge in [-0.15, -0.1) is 0 Å². The van der Waals surface area contributed by atoms with Gasteiger partial charge in [-0.05, 0) is 60.4 Å². The van der Waals surface area contributed by atoms with Gasteiger partial charge in [0.05, 0.1) is 36.5 Å². The van der Waals surface area contributed by atoms with Crippen LogP contribution >= 0.6 is 0 Å². The quantitative estimate of drug-likeness (QED) is 0.338. The van der Waals surface area contributed by atoms with Crippen LogP contribution in [0.25, 0.3) is 5.57 Å². The second-order valence-corrected chi connectivity index (χ2v) is 7.48. The van der Waals surface area contributed by atoms with E-state index in [1.807, 2.05) is 0 Å². The van der Waals surface area contributed by atoms with Gasteiger partial charge in [0.1, 0.15) is 0 Å². The molecule has 0 atom stereocenters. The molecule has 186 valence electrons. The van der Waals surface area contributed by atoms with Crippen LogP contribution in [0.1, 0.15) is 69.7 Å². The number of alkyl halides is 6. The highest BCUT2D eigenvalue weighted by Gasteiger charge is 2.35. The number of carbonyl (C=O) groups excluding carboxylic acids is 2. The van der Waals surface area contributed by atoms with Gasteiger partial charge in [0.25, 0.3) is 0 Å². The molecule has 0 spiro atoms. The Bertz CT molecular complexity index is 1050. The van der Waals surface area contributed by atoms with E-state index >= 15 is 0 Å². The van der Waals surface area contributed by atoms with Crippen molar-refractivity contribution in [1.29, 1.82) is 0 Å². The summed E-state index contributed by atoms with van der Waals surface area (Å²) < 4.78 is 85.0. The van der Waals surface area contributed by atoms with Crippen molar-refractivity contribution in [3.8, 4) is 0 Å². The highest BCUT2D eigenvalue weighted by molar-refractivity contribution is 5.91. The summed E-state index contributed by atoms with van der Waals surface area (Å²) in [6, 6.07) is 6.36. The van der Waals surface area contributed by atoms with Crippen LogP contribution in [0.4, 0.5) is 26.3 Å². The molecule has 2 rings (SSSR count). The zero-order valence-electron chi connectivity index (χ0n) is 19.1. The minimum atomic E-state index is -4.47. The minimum absolute atomic E-state index is 0.0681. The van der Waals surface area contributed by atoms with Gasteiger partial charge in [-0.3, -0.25) is 0 Å². The van der Waals surface area contributed by atoms with Crippen molar-refractivity contribution in [2.75, 3.05) is 14.2 Å². The van der Waals surface area contributed by atoms with E-state index in [1.165, 1.54) is 27.2 Å². The largest absolute Gasteiger partial charge is 0.465 e. The molecule has 4 nitrogen and oxygen atoms in total. The first-order valence-electron chi connectivity index (χ1n) is 9.79. The van der Waals surface area contributed by atoms with E-state index < -0.39 is 35.4 Å². The Hall–Kier alpha value is -3.30. The van der Waals surface area contributed by atoms with Crippen LogP contribution in [0, 0.1) is 0 Å². The van der Waals surface area contributed by atoms with Crippen molar-refractivity contribution in [2.24, 2.45) is 0 Å². The average molecular weight is 490 g/mol. The molecule has 0 radical (unpaired) electrons. The Balaban J connectivity index is 0.000000340. The lowest BCUT2D eigenvalue weighted by Crippen LogP contribution is -2.12. The van der Waals surface area contributed by atoms with Gasteiger partial charge in [-0.25, -0.2) is 9.59 Å².